The molecule has 19 heavy (non-hydrogen) atoms. The fourth-order valence-electron chi connectivity index (χ4n) is 2.75. The normalized spacial score (nSPS) is 23.0. The van der Waals surface area contributed by atoms with E-state index in [0.717, 1.165) is 36.8 Å². The van der Waals surface area contributed by atoms with Gasteiger partial charge in [-0.05, 0) is 49.5 Å². The minimum absolute atomic E-state index is 0.170. The van der Waals surface area contributed by atoms with E-state index in [1.165, 1.54) is 17.0 Å². The molecule has 2 aliphatic rings. The second-order valence-electron chi connectivity index (χ2n) is 4.82. The first-order chi connectivity index (χ1) is 9.09. The number of carbonyl (C=O) groups excluding carboxylic acids is 1. The summed E-state index contributed by atoms with van der Waals surface area (Å²) in [6, 6.07) is 4.27. The quantitative estimate of drug-likeness (QED) is 0.560. The average molecular weight is 300 g/mol. The van der Waals surface area contributed by atoms with Crippen LogP contribution in [0, 0.1) is 5.82 Å². The fourth-order valence-corrected chi connectivity index (χ4v) is 3.34. The van der Waals surface area contributed by atoms with Crippen LogP contribution < -0.4 is 4.90 Å². The summed E-state index contributed by atoms with van der Waals surface area (Å²) >= 11 is 12.1. The van der Waals surface area contributed by atoms with Crippen molar-refractivity contribution in [1.29, 1.82) is 0 Å². The topological polar surface area (TPSA) is 20.3 Å². The van der Waals surface area contributed by atoms with E-state index < -0.39 is 11.3 Å². The third-order valence-electron chi connectivity index (χ3n) is 3.67. The predicted molar refractivity (Wildman–Crippen MR) is 74.0 cm³/mol. The highest BCUT2D eigenvalue weighted by atomic mass is 35.5. The highest BCUT2D eigenvalue weighted by Crippen LogP contribution is 2.41. The monoisotopic (exact) mass is 299 g/mol. The maximum absolute atomic E-state index is 14.0. The molecule has 0 saturated carbocycles. The van der Waals surface area contributed by atoms with Gasteiger partial charge in [-0.1, -0.05) is 23.2 Å². The van der Waals surface area contributed by atoms with E-state index in [0.29, 0.717) is 5.02 Å². The Morgan fingerprint density at radius 2 is 2.00 bits per heavy atom. The molecule has 1 aromatic rings. The van der Waals surface area contributed by atoms with Crippen LogP contribution in [-0.4, -0.2) is 11.4 Å². The van der Waals surface area contributed by atoms with Crippen molar-refractivity contribution < 1.29 is 9.18 Å². The van der Waals surface area contributed by atoms with Crippen molar-refractivity contribution in [3.05, 3.63) is 40.2 Å². The van der Waals surface area contributed by atoms with E-state index in [2.05, 4.69) is 0 Å². The third-order valence-corrected chi connectivity index (χ3v) is 4.36. The first kappa shape index (κ1) is 12.9. The van der Waals surface area contributed by atoms with Crippen LogP contribution in [0.1, 0.15) is 25.7 Å². The Hall–Kier alpha value is -1.06. The van der Waals surface area contributed by atoms with Crippen molar-refractivity contribution in [3.63, 3.8) is 0 Å². The lowest BCUT2D eigenvalue weighted by molar-refractivity contribution is -0.114. The van der Waals surface area contributed by atoms with E-state index in [1.807, 2.05) is 0 Å². The lowest BCUT2D eigenvalue weighted by Crippen LogP contribution is -2.32. The number of carbonyl (C=O) groups is 1. The fraction of sp³-hybridized carbons (Fsp3) is 0.357. The van der Waals surface area contributed by atoms with Crippen LogP contribution in [0.5, 0.6) is 0 Å². The Kier molecular flexibility index (Phi) is 3.27. The summed E-state index contributed by atoms with van der Waals surface area (Å²) < 4.78 is 14.0. The Balaban J connectivity index is 2.01. The zero-order chi connectivity index (χ0) is 13.6. The van der Waals surface area contributed by atoms with Gasteiger partial charge in [-0.15, -0.1) is 0 Å². The van der Waals surface area contributed by atoms with Crippen molar-refractivity contribution in [3.8, 4) is 0 Å². The number of hydrogen-bond donors (Lipinski definition) is 0. The van der Waals surface area contributed by atoms with Gasteiger partial charge < -0.3 is 0 Å². The SMILES string of the molecule is O=C1C2=C(CCCC2)C(Cl)N1c1ccc(Cl)cc1F. The van der Waals surface area contributed by atoms with Crippen molar-refractivity contribution in [1.82, 2.24) is 0 Å². The summed E-state index contributed by atoms with van der Waals surface area (Å²) in [5.41, 5.74) is 1.34. The summed E-state index contributed by atoms with van der Waals surface area (Å²) in [5.74, 6) is -0.692. The highest BCUT2D eigenvalue weighted by molar-refractivity contribution is 6.31. The number of hydrogen-bond acceptors (Lipinski definition) is 1. The molecular formula is C14H12Cl2FNO. The number of benzene rings is 1. The summed E-state index contributed by atoms with van der Waals surface area (Å²) in [6.45, 7) is 0. The van der Waals surface area contributed by atoms with Crippen LogP contribution in [0.25, 0.3) is 0 Å². The standard InChI is InChI=1S/C14H12Cl2FNO/c15-8-5-6-12(11(17)7-8)18-13(16)9-3-1-2-4-10(9)14(18)19/h5-7,13H,1-4H2. The van der Waals surface area contributed by atoms with Gasteiger partial charge in [-0.3, -0.25) is 9.69 Å². The van der Waals surface area contributed by atoms with Gasteiger partial charge in [0, 0.05) is 10.6 Å². The molecule has 1 aliphatic heterocycles. The molecule has 1 aliphatic carbocycles. The molecule has 0 radical (unpaired) electrons. The maximum Gasteiger partial charge on any atom is 0.255 e. The molecule has 5 heteroatoms. The largest absolute Gasteiger partial charge is 0.285 e. The van der Waals surface area contributed by atoms with Gasteiger partial charge in [0.25, 0.3) is 5.91 Å². The van der Waals surface area contributed by atoms with Crippen molar-refractivity contribution in [2.75, 3.05) is 4.90 Å². The van der Waals surface area contributed by atoms with Gasteiger partial charge in [-0.2, -0.15) is 0 Å². The molecule has 0 fully saturated rings. The lowest BCUT2D eigenvalue weighted by atomic mass is 9.94. The minimum atomic E-state index is -0.571. The van der Waals surface area contributed by atoms with Crippen LogP contribution in [0.3, 0.4) is 0 Å². The van der Waals surface area contributed by atoms with Gasteiger partial charge in [0.05, 0.1) is 5.69 Å². The van der Waals surface area contributed by atoms with Crippen LogP contribution in [0.2, 0.25) is 5.02 Å². The van der Waals surface area contributed by atoms with Gasteiger partial charge in [0.15, 0.2) is 0 Å². The molecule has 0 spiro atoms. The zero-order valence-electron chi connectivity index (χ0n) is 10.1. The molecule has 2 nitrogen and oxygen atoms in total. The van der Waals surface area contributed by atoms with E-state index in [9.17, 15) is 9.18 Å². The molecule has 100 valence electrons. The van der Waals surface area contributed by atoms with Crippen LogP contribution >= 0.6 is 23.2 Å². The first-order valence-electron chi connectivity index (χ1n) is 6.24. The molecule has 1 heterocycles. The lowest BCUT2D eigenvalue weighted by Gasteiger charge is -2.22. The van der Waals surface area contributed by atoms with E-state index in [1.54, 1.807) is 6.07 Å². The van der Waals surface area contributed by atoms with Crippen molar-refractivity contribution in [2.24, 2.45) is 0 Å². The minimum Gasteiger partial charge on any atom is -0.285 e. The first-order valence-corrected chi connectivity index (χ1v) is 7.05. The van der Waals surface area contributed by atoms with E-state index >= 15 is 0 Å². The predicted octanol–water partition coefficient (Wildman–Crippen LogP) is 4.26. The zero-order valence-corrected chi connectivity index (χ0v) is 11.6. The summed E-state index contributed by atoms with van der Waals surface area (Å²) in [6.07, 6.45) is 3.58. The molecule has 1 aromatic carbocycles. The summed E-state index contributed by atoms with van der Waals surface area (Å²) in [4.78, 5) is 13.7. The number of anilines is 1. The third kappa shape index (κ3) is 2.05. The second-order valence-corrected chi connectivity index (χ2v) is 5.67. The van der Waals surface area contributed by atoms with E-state index in [4.69, 9.17) is 23.2 Å². The molecule has 0 N–H and O–H groups in total. The smallest absolute Gasteiger partial charge is 0.255 e. The van der Waals surface area contributed by atoms with Crippen molar-refractivity contribution >= 4 is 34.8 Å². The second kappa shape index (κ2) is 4.80. The van der Waals surface area contributed by atoms with Gasteiger partial charge in [-0.25, -0.2) is 4.39 Å². The maximum atomic E-state index is 14.0. The van der Waals surface area contributed by atoms with Gasteiger partial charge in [0.1, 0.15) is 11.3 Å². The molecule has 0 saturated heterocycles. The Morgan fingerprint density at radius 1 is 1.26 bits per heavy atom. The van der Waals surface area contributed by atoms with E-state index in [-0.39, 0.29) is 11.6 Å². The molecule has 1 amide bonds. The van der Waals surface area contributed by atoms with Crippen LogP contribution in [0.4, 0.5) is 10.1 Å². The molecular weight excluding hydrogens is 288 g/mol. The Labute approximate surface area is 120 Å². The van der Waals surface area contributed by atoms with Crippen LogP contribution in [-0.2, 0) is 4.79 Å². The molecule has 3 rings (SSSR count). The molecule has 0 aromatic heterocycles. The van der Waals surface area contributed by atoms with Gasteiger partial charge >= 0.3 is 0 Å². The average Bonchev–Trinajstić information content (AvgIpc) is 2.64. The number of alkyl halides is 1. The highest BCUT2D eigenvalue weighted by Gasteiger charge is 2.40. The number of nitrogens with zero attached hydrogens (tertiary/aromatic N) is 1. The number of halogens is 3. The van der Waals surface area contributed by atoms with Crippen LogP contribution in [0.15, 0.2) is 29.3 Å². The van der Waals surface area contributed by atoms with Crippen molar-refractivity contribution in [2.45, 2.75) is 31.2 Å². The number of rotatable bonds is 1. The summed E-state index contributed by atoms with van der Waals surface area (Å²) in [5, 5.41) is 0.303. The molecule has 0 bridgehead atoms. The summed E-state index contributed by atoms with van der Waals surface area (Å²) in [7, 11) is 0. The number of amides is 1. The molecule has 1 atom stereocenters. The molecule has 1 unspecified atom stereocenters. The van der Waals surface area contributed by atoms with Gasteiger partial charge in [0.2, 0.25) is 0 Å². The Bertz CT molecular complexity index is 585. The Morgan fingerprint density at radius 3 is 2.68 bits per heavy atom.